The van der Waals surface area contributed by atoms with E-state index in [0.717, 1.165) is 49.5 Å². The normalized spacial score (nSPS) is 17.0. The van der Waals surface area contributed by atoms with Crippen LogP contribution in [-0.2, 0) is 13.1 Å². The van der Waals surface area contributed by atoms with E-state index in [1.165, 1.54) is 0 Å². The lowest BCUT2D eigenvalue weighted by atomic mass is 9.98. The van der Waals surface area contributed by atoms with Crippen molar-refractivity contribution in [3.05, 3.63) is 42.5 Å². The molecule has 0 unspecified atom stereocenters. The number of hydrogen-bond donors (Lipinski definition) is 1. The summed E-state index contributed by atoms with van der Waals surface area (Å²) in [6.45, 7) is 2.86. The lowest BCUT2D eigenvalue weighted by Gasteiger charge is -2.33. The van der Waals surface area contributed by atoms with Crippen molar-refractivity contribution in [2.45, 2.75) is 25.9 Å². The molecular formula is C19H26N4O3. The van der Waals surface area contributed by atoms with Crippen LogP contribution in [0.25, 0.3) is 0 Å². The number of rotatable bonds is 6. The number of benzene rings is 1. The Morgan fingerprint density at radius 1 is 1.35 bits per heavy atom. The topological polar surface area (TPSA) is 68.6 Å². The van der Waals surface area contributed by atoms with E-state index >= 15 is 0 Å². The average molecular weight is 358 g/mol. The molecule has 2 amide bonds. The summed E-state index contributed by atoms with van der Waals surface area (Å²) in [4.78, 5) is 18.6. The van der Waals surface area contributed by atoms with Crippen LogP contribution in [0, 0.1) is 5.92 Å². The smallest absolute Gasteiger partial charge is 0.317 e. The molecule has 26 heavy (non-hydrogen) atoms. The van der Waals surface area contributed by atoms with Crippen molar-refractivity contribution in [3.8, 4) is 11.5 Å². The van der Waals surface area contributed by atoms with Gasteiger partial charge in [0.1, 0.15) is 11.5 Å². The number of ether oxygens (including phenoxy) is 2. The molecular weight excluding hydrogens is 332 g/mol. The molecule has 1 fully saturated rings. The van der Waals surface area contributed by atoms with E-state index in [-0.39, 0.29) is 6.03 Å². The summed E-state index contributed by atoms with van der Waals surface area (Å²) < 4.78 is 12.7. The van der Waals surface area contributed by atoms with Crippen molar-refractivity contribution in [2.75, 3.05) is 27.3 Å². The summed E-state index contributed by atoms with van der Waals surface area (Å²) in [6.07, 6.45) is 7.73. The Morgan fingerprint density at radius 3 is 2.96 bits per heavy atom. The predicted octanol–water partition coefficient (Wildman–Crippen LogP) is 2.52. The minimum Gasteiger partial charge on any atom is -0.497 e. The number of urea groups is 1. The number of aromatic nitrogens is 2. The molecule has 1 aliphatic heterocycles. The number of nitrogens with zero attached hydrogens (tertiary/aromatic N) is 3. The van der Waals surface area contributed by atoms with Crippen LogP contribution in [-0.4, -0.2) is 47.8 Å². The minimum absolute atomic E-state index is 0.0368. The fourth-order valence-corrected chi connectivity index (χ4v) is 3.39. The molecule has 2 heterocycles. The highest BCUT2D eigenvalue weighted by molar-refractivity contribution is 5.74. The van der Waals surface area contributed by atoms with E-state index in [0.29, 0.717) is 12.5 Å². The highest BCUT2D eigenvalue weighted by Gasteiger charge is 2.24. The third kappa shape index (κ3) is 4.47. The van der Waals surface area contributed by atoms with Crippen LogP contribution in [0.4, 0.5) is 4.79 Å². The van der Waals surface area contributed by atoms with Gasteiger partial charge in [0, 0.05) is 44.1 Å². The second kappa shape index (κ2) is 8.60. The van der Waals surface area contributed by atoms with Crippen LogP contribution in [0.3, 0.4) is 0 Å². The van der Waals surface area contributed by atoms with Crippen LogP contribution in [0.5, 0.6) is 11.5 Å². The van der Waals surface area contributed by atoms with E-state index in [1.807, 2.05) is 35.6 Å². The lowest BCUT2D eigenvalue weighted by molar-refractivity contribution is 0.159. The summed E-state index contributed by atoms with van der Waals surface area (Å²) in [6, 6.07) is 5.54. The summed E-state index contributed by atoms with van der Waals surface area (Å²) in [5.41, 5.74) is 0.896. The highest BCUT2D eigenvalue weighted by atomic mass is 16.5. The zero-order valence-electron chi connectivity index (χ0n) is 15.4. The molecule has 7 nitrogen and oxygen atoms in total. The van der Waals surface area contributed by atoms with Gasteiger partial charge < -0.3 is 24.3 Å². The Morgan fingerprint density at radius 2 is 2.23 bits per heavy atom. The molecule has 1 aliphatic rings. The van der Waals surface area contributed by atoms with Gasteiger partial charge >= 0.3 is 6.03 Å². The van der Waals surface area contributed by atoms with Crippen LogP contribution in [0.1, 0.15) is 18.4 Å². The third-order valence-electron chi connectivity index (χ3n) is 4.75. The molecule has 1 aromatic carbocycles. The Balaban J connectivity index is 1.56. The quantitative estimate of drug-likeness (QED) is 0.862. The summed E-state index contributed by atoms with van der Waals surface area (Å²) >= 11 is 0. The molecule has 3 rings (SSSR count). The van der Waals surface area contributed by atoms with Gasteiger partial charge in [0.15, 0.2) is 0 Å². The van der Waals surface area contributed by atoms with E-state index in [4.69, 9.17) is 9.47 Å². The zero-order chi connectivity index (χ0) is 18.4. The predicted molar refractivity (Wildman–Crippen MR) is 98.3 cm³/mol. The Bertz CT molecular complexity index is 718. The number of likely N-dealkylation sites (tertiary alicyclic amines) is 1. The molecule has 1 saturated heterocycles. The van der Waals surface area contributed by atoms with Gasteiger partial charge in [-0.3, -0.25) is 0 Å². The number of amides is 2. The highest BCUT2D eigenvalue weighted by Crippen LogP contribution is 2.24. The standard InChI is InChI=1S/C19H26N4O3/c1-25-17-5-6-18(26-2)16(10-17)11-21-19(24)23-8-3-4-15(13-23)12-22-9-7-20-14-22/h5-7,9-10,14-15H,3-4,8,11-13H2,1-2H3,(H,21,24)/t15-/m0/s1. The SMILES string of the molecule is COc1ccc(OC)c(CNC(=O)N2CCC[C@@H](Cn3ccnc3)C2)c1. The number of carbonyl (C=O) groups is 1. The minimum atomic E-state index is -0.0368. The maximum atomic E-state index is 12.6. The molecule has 0 aliphatic carbocycles. The number of hydrogen-bond acceptors (Lipinski definition) is 4. The van der Waals surface area contributed by atoms with E-state index in [9.17, 15) is 4.79 Å². The molecule has 7 heteroatoms. The average Bonchev–Trinajstić information content (AvgIpc) is 3.19. The van der Waals surface area contributed by atoms with Crippen molar-refractivity contribution in [2.24, 2.45) is 5.92 Å². The van der Waals surface area contributed by atoms with Gasteiger partial charge in [0.2, 0.25) is 0 Å². The van der Waals surface area contributed by atoms with Crippen molar-refractivity contribution in [1.29, 1.82) is 0 Å². The molecule has 1 atom stereocenters. The number of methoxy groups -OCH3 is 2. The first kappa shape index (κ1) is 18.1. The maximum Gasteiger partial charge on any atom is 0.317 e. The second-order valence-corrected chi connectivity index (χ2v) is 6.55. The van der Waals surface area contributed by atoms with Gasteiger partial charge in [0.05, 0.1) is 20.5 Å². The molecule has 0 saturated carbocycles. The van der Waals surface area contributed by atoms with Gasteiger partial charge in [0.25, 0.3) is 0 Å². The largest absolute Gasteiger partial charge is 0.497 e. The maximum absolute atomic E-state index is 12.6. The summed E-state index contributed by atoms with van der Waals surface area (Å²) in [5.74, 6) is 1.94. The third-order valence-corrected chi connectivity index (χ3v) is 4.75. The van der Waals surface area contributed by atoms with Crippen molar-refractivity contribution < 1.29 is 14.3 Å². The Labute approximate surface area is 153 Å². The van der Waals surface area contributed by atoms with E-state index in [2.05, 4.69) is 14.9 Å². The van der Waals surface area contributed by atoms with E-state index in [1.54, 1.807) is 20.4 Å². The fraction of sp³-hybridized carbons (Fsp3) is 0.474. The van der Waals surface area contributed by atoms with Crippen LogP contribution in [0.2, 0.25) is 0 Å². The van der Waals surface area contributed by atoms with Crippen LogP contribution >= 0.6 is 0 Å². The first-order chi connectivity index (χ1) is 12.7. The van der Waals surface area contributed by atoms with Gasteiger partial charge in [-0.25, -0.2) is 9.78 Å². The van der Waals surface area contributed by atoms with Crippen molar-refractivity contribution in [3.63, 3.8) is 0 Å². The monoisotopic (exact) mass is 358 g/mol. The molecule has 140 valence electrons. The number of imidazole rings is 1. The molecule has 1 aromatic heterocycles. The zero-order valence-corrected chi connectivity index (χ0v) is 15.4. The molecule has 0 spiro atoms. The van der Waals surface area contributed by atoms with Gasteiger partial charge in [-0.1, -0.05) is 0 Å². The first-order valence-corrected chi connectivity index (χ1v) is 8.89. The van der Waals surface area contributed by atoms with Crippen molar-refractivity contribution in [1.82, 2.24) is 19.8 Å². The Hall–Kier alpha value is -2.70. The van der Waals surface area contributed by atoms with Gasteiger partial charge in [-0.15, -0.1) is 0 Å². The number of piperidine rings is 1. The summed E-state index contributed by atoms with van der Waals surface area (Å²) in [5, 5.41) is 3.01. The van der Waals surface area contributed by atoms with Gasteiger partial charge in [-0.2, -0.15) is 0 Å². The van der Waals surface area contributed by atoms with Crippen LogP contribution in [0.15, 0.2) is 36.9 Å². The lowest BCUT2D eigenvalue weighted by Crippen LogP contribution is -2.46. The van der Waals surface area contributed by atoms with E-state index < -0.39 is 0 Å². The molecule has 0 radical (unpaired) electrons. The summed E-state index contributed by atoms with van der Waals surface area (Å²) in [7, 11) is 3.25. The Kier molecular flexibility index (Phi) is 5.99. The number of nitrogens with one attached hydrogen (secondary N) is 1. The van der Waals surface area contributed by atoms with Crippen LogP contribution < -0.4 is 14.8 Å². The second-order valence-electron chi connectivity index (χ2n) is 6.55. The van der Waals surface area contributed by atoms with Gasteiger partial charge in [-0.05, 0) is 37.0 Å². The number of carbonyl (C=O) groups excluding carboxylic acids is 1. The molecule has 1 N–H and O–H groups in total. The fourth-order valence-electron chi connectivity index (χ4n) is 3.39. The van der Waals surface area contributed by atoms with Crippen molar-refractivity contribution >= 4 is 6.03 Å². The first-order valence-electron chi connectivity index (χ1n) is 8.89. The molecule has 2 aromatic rings. The molecule has 0 bridgehead atoms.